The highest BCUT2D eigenvalue weighted by Gasteiger charge is 2.08. The Morgan fingerprint density at radius 1 is 1.38 bits per heavy atom. The molecule has 0 amide bonds. The molecule has 0 radical (unpaired) electrons. The predicted octanol–water partition coefficient (Wildman–Crippen LogP) is 3.49. The number of allylic oxidation sites excluding steroid dienone is 1. The van der Waals surface area contributed by atoms with E-state index in [2.05, 4.69) is 32.8 Å². The Bertz CT molecular complexity index is 611. The lowest BCUT2D eigenvalue weighted by Crippen LogP contribution is -2.29. The third-order valence-corrected chi connectivity index (χ3v) is 3.78. The Hall–Kier alpha value is -2.21. The summed E-state index contributed by atoms with van der Waals surface area (Å²) >= 11 is 1.27. The molecule has 144 valence electrons. The van der Waals surface area contributed by atoms with E-state index in [1.165, 1.54) is 17.5 Å². The van der Waals surface area contributed by atoms with E-state index in [9.17, 15) is 0 Å². The molecule has 1 aromatic heterocycles. The van der Waals surface area contributed by atoms with Crippen molar-refractivity contribution >= 4 is 22.7 Å². The number of hydrogen-bond acceptors (Lipinski definition) is 8. The van der Waals surface area contributed by atoms with Crippen molar-refractivity contribution in [3.05, 3.63) is 35.2 Å². The van der Waals surface area contributed by atoms with Crippen molar-refractivity contribution in [1.82, 2.24) is 9.88 Å². The first kappa shape index (κ1) is 23.8. The molecule has 26 heavy (non-hydrogen) atoms. The number of nitriles is 1. The second-order valence-corrected chi connectivity index (χ2v) is 5.68. The monoisotopic (exact) mass is 379 g/mol. The molecule has 0 aliphatic rings. The minimum Gasteiger partial charge on any atom is -0.383 e. The van der Waals surface area contributed by atoms with E-state index in [0.717, 1.165) is 5.70 Å². The van der Waals surface area contributed by atoms with Gasteiger partial charge in [0.05, 0.1) is 19.4 Å². The zero-order valence-electron chi connectivity index (χ0n) is 16.3. The molecule has 0 atom stereocenters. The molecule has 0 spiro atoms. The Labute approximate surface area is 160 Å². The standard InChI is InChI=1S/C16H23N5O2S.C2H6/c1-5-18-15(20-16-19-12-14(11-17)24-16)10-13(2)21(6-8-22-3)7-9-23-4;1-2/h5,10,12H,2,6-9H2,1,3-4H3,(H,19,20);1-2H3/b15-10+,18-5-;. The second-order valence-electron chi connectivity index (χ2n) is 4.65. The van der Waals surface area contributed by atoms with Crippen LogP contribution >= 0.6 is 11.3 Å². The first-order valence-electron chi connectivity index (χ1n) is 8.39. The van der Waals surface area contributed by atoms with Crippen molar-refractivity contribution in [2.45, 2.75) is 20.8 Å². The van der Waals surface area contributed by atoms with Crippen LogP contribution in [0.3, 0.4) is 0 Å². The molecule has 1 N–H and O–H groups in total. The summed E-state index contributed by atoms with van der Waals surface area (Å²) in [6.45, 7) is 12.5. The number of thiazole rings is 1. The molecule has 1 heterocycles. The van der Waals surface area contributed by atoms with Crippen LogP contribution in [0.25, 0.3) is 0 Å². The predicted molar refractivity (Wildman–Crippen MR) is 109 cm³/mol. The number of nitrogens with one attached hydrogen (secondary N) is 1. The topological polar surface area (TPSA) is 82.8 Å². The van der Waals surface area contributed by atoms with Crippen molar-refractivity contribution in [1.29, 1.82) is 5.26 Å². The zero-order valence-corrected chi connectivity index (χ0v) is 17.1. The van der Waals surface area contributed by atoms with Crippen LogP contribution in [-0.4, -0.2) is 56.6 Å². The van der Waals surface area contributed by atoms with E-state index in [1.807, 2.05) is 26.8 Å². The van der Waals surface area contributed by atoms with Gasteiger partial charge in [-0.15, -0.1) is 0 Å². The fourth-order valence-electron chi connectivity index (χ4n) is 1.79. The van der Waals surface area contributed by atoms with Crippen LogP contribution in [0.4, 0.5) is 5.13 Å². The van der Waals surface area contributed by atoms with Gasteiger partial charge in [0, 0.05) is 45.3 Å². The summed E-state index contributed by atoms with van der Waals surface area (Å²) in [5.74, 6) is 0.598. The summed E-state index contributed by atoms with van der Waals surface area (Å²) in [5.41, 5.74) is 0.786. The SMILES string of the molecule is C=C(/C=C(\N=C/C)Nc1ncc(C#N)s1)N(CCOC)CCOC.CC. The van der Waals surface area contributed by atoms with Gasteiger partial charge in [-0.05, 0) is 6.92 Å². The third-order valence-electron chi connectivity index (χ3n) is 2.96. The number of ether oxygens (including phenoxy) is 2. The van der Waals surface area contributed by atoms with Crippen molar-refractivity contribution in [3.8, 4) is 6.07 Å². The molecule has 0 unspecified atom stereocenters. The largest absolute Gasteiger partial charge is 0.383 e. The molecule has 0 saturated heterocycles. The highest BCUT2D eigenvalue weighted by Crippen LogP contribution is 2.19. The number of hydrogen-bond donors (Lipinski definition) is 1. The molecule has 1 rings (SSSR count). The van der Waals surface area contributed by atoms with Crippen molar-refractivity contribution in [2.75, 3.05) is 45.8 Å². The number of anilines is 1. The molecule has 7 nitrogen and oxygen atoms in total. The van der Waals surface area contributed by atoms with Crippen molar-refractivity contribution in [2.24, 2.45) is 4.99 Å². The summed E-state index contributed by atoms with van der Waals surface area (Å²) in [7, 11) is 3.33. The molecule has 0 aliphatic heterocycles. The summed E-state index contributed by atoms with van der Waals surface area (Å²) in [5, 5.41) is 12.6. The Morgan fingerprint density at radius 3 is 2.46 bits per heavy atom. The average molecular weight is 380 g/mol. The number of aliphatic imine (C=N–C) groups is 1. The Kier molecular flexibility index (Phi) is 13.8. The van der Waals surface area contributed by atoms with Gasteiger partial charge in [-0.1, -0.05) is 31.8 Å². The van der Waals surface area contributed by atoms with E-state index in [0.29, 0.717) is 42.1 Å². The van der Waals surface area contributed by atoms with Crippen LogP contribution in [0.2, 0.25) is 0 Å². The smallest absolute Gasteiger partial charge is 0.189 e. The van der Waals surface area contributed by atoms with Crippen LogP contribution in [0, 0.1) is 11.3 Å². The fourth-order valence-corrected chi connectivity index (χ4v) is 2.41. The van der Waals surface area contributed by atoms with E-state index in [1.54, 1.807) is 20.4 Å². The molecule has 0 saturated carbocycles. The molecule has 8 heteroatoms. The van der Waals surface area contributed by atoms with Gasteiger partial charge in [-0.25, -0.2) is 9.98 Å². The van der Waals surface area contributed by atoms with Gasteiger partial charge in [0.15, 0.2) is 5.13 Å². The number of nitrogens with zero attached hydrogens (tertiary/aromatic N) is 4. The lowest BCUT2D eigenvalue weighted by molar-refractivity contribution is 0.134. The number of aromatic nitrogens is 1. The van der Waals surface area contributed by atoms with Crippen LogP contribution in [0.15, 0.2) is 35.4 Å². The molecular formula is C18H29N5O2S. The highest BCUT2D eigenvalue weighted by molar-refractivity contribution is 7.16. The lowest BCUT2D eigenvalue weighted by atomic mass is 10.3. The minimum atomic E-state index is 0.540. The molecule has 0 aliphatic carbocycles. The summed E-state index contributed by atoms with van der Waals surface area (Å²) < 4.78 is 10.3. The van der Waals surface area contributed by atoms with Gasteiger partial charge in [-0.2, -0.15) is 5.26 Å². The molecule has 0 fully saturated rings. The van der Waals surface area contributed by atoms with Gasteiger partial charge >= 0.3 is 0 Å². The summed E-state index contributed by atoms with van der Waals surface area (Å²) in [6.07, 6.45) is 5.04. The van der Waals surface area contributed by atoms with E-state index in [4.69, 9.17) is 14.7 Å². The van der Waals surface area contributed by atoms with Crippen LogP contribution in [-0.2, 0) is 9.47 Å². The highest BCUT2D eigenvalue weighted by atomic mass is 32.1. The first-order valence-corrected chi connectivity index (χ1v) is 9.21. The first-order chi connectivity index (χ1) is 12.6. The summed E-state index contributed by atoms with van der Waals surface area (Å²) in [6, 6.07) is 2.06. The Morgan fingerprint density at radius 2 is 2.00 bits per heavy atom. The second kappa shape index (κ2) is 15.1. The maximum absolute atomic E-state index is 8.88. The van der Waals surface area contributed by atoms with Crippen LogP contribution < -0.4 is 5.32 Å². The fraction of sp³-hybridized carbons (Fsp3) is 0.500. The zero-order chi connectivity index (χ0) is 19.8. The normalized spacial score (nSPS) is 10.8. The van der Waals surface area contributed by atoms with E-state index < -0.39 is 0 Å². The lowest BCUT2D eigenvalue weighted by Gasteiger charge is -2.24. The number of rotatable bonds is 11. The number of methoxy groups -OCH3 is 2. The average Bonchev–Trinajstić information content (AvgIpc) is 3.11. The molecular weight excluding hydrogens is 350 g/mol. The van der Waals surface area contributed by atoms with Gasteiger partial charge in [0.2, 0.25) is 0 Å². The molecule has 1 aromatic rings. The molecule has 0 aromatic carbocycles. The van der Waals surface area contributed by atoms with E-state index >= 15 is 0 Å². The van der Waals surface area contributed by atoms with Gasteiger partial charge in [-0.3, -0.25) is 0 Å². The maximum Gasteiger partial charge on any atom is 0.189 e. The van der Waals surface area contributed by atoms with E-state index in [-0.39, 0.29) is 0 Å². The third kappa shape index (κ3) is 9.32. The van der Waals surface area contributed by atoms with Crippen molar-refractivity contribution in [3.63, 3.8) is 0 Å². The Balaban J connectivity index is 0.00000301. The van der Waals surface area contributed by atoms with Gasteiger partial charge in [0.1, 0.15) is 16.8 Å². The van der Waals surface area contributed by atoms with Crippen LogP contribution in [0.1, 0.15) is 25.6 Å². The van der Waals surface area contributed by atoms with Crippen LogP contribution in [0.5, 0.6) is 0 Å². The minimum absolute atomic E-state index is 0.540. The van der Waals surface area contributed by atoms with Gasteiger partial charge in [0.25, 0.3) is 0 Å². The molecule has 0 bridgehead atoms. The maximum atomic E-state index is 8.88. The summed E-state index contributed by atoms with van der Waals surface area (Å²) in [4.78, 5) is 11.0. The van der Waals surface area contributed by atoms with Gasteiger partial charge < -0.3 is 19.7 Å². The van der Waals surface area contributed by atoms with Crippen molar-refractivity contribution < 1.29 is 9.47 Å². The quantitative estimate of drug-likeness (QED) is 0.468.